The molecule has 24 heavy (non-hydrogen) atoms. The first-order chi connectivity index (χ1) is 11.7. The fourth-order valence-electron chi connectivity index (χ4n) is 2.88. The molecule has 0 aliphatic carbocycles. The topological polar surface area (TPSA) is 33.5 Å². The molecule has 1 heterocycles. The highest BCUT2D eigenvalue weighted by atomic mass is 32.2. The second-order valence-corrected chi connectivity index (χ2v) is 6.45. The van der Waals surface area contributed by atoms with Gasteiger partial charge in [-0.3, -0.25) is 0 Å². The SMILES string of the molecule is CCN(CC)c1ccc2cc(-c3cccc(SC)c3)c(=O)oc2c1. The van der Waals surface area contributed by atoms with E-state index in [1.165, 1.54) is 0 Å². The van der Waals surface area contributed by atoms with Gasteiger partial charge < -0.3 is 9.32 Å². The van der Waals surface area contributed by atoms with Crippen molar-refractivity contribution in [2.75, 3.05) is 24.2 Å². The van der Waals surface area contributed by atoms with Gasteiger partial charge in [0.15, 0.2) is 0 Å². The Hall–Kier alpha value is -2.20. The van der Waals surface area contributed by atoms with E-state index in [4.69, 9.17) is 4.42 Å². The Bertz CT molecular complexity index is 913. The maximum atomic E-state index is 12.5. The van der Waals surface area contributed by atoms with Crippen molar-refractivity contribution in [1.82, 2.24) is 0 Å². The van der Waals surface area contributed by atoms with E-state index in [1.54, 1.807) is 11.8 Å². The maximum Gasteiger partial charge on any atom is 0.344 e. The van der Waals surface area contributed by atoms with Crippen molar-refractivity contribution in [3.05, 3.63) is 59.0 Å². The van der Waals surface area contributed by atoms with Crippen molar-refractivity contribution in [3.63, 3.8) is 0 Å². The molecule has 0 N–H and O–H groups in total. The van der Waals surface area contributed by atoms with Gasteiger partial charge in [0.25, 0.3) is 0 Å². The van der Waals surface area contributed by atoms with E-state index >= 15 is 0 Å². The third-order valence-electron chi connectivity index (χ3n) is 4.23. The summed E-state index contributed by atoms with van der Waals surface area (Å²) < 4.78 is 5.61. The molecular formula is C20H21NO2S. The number of benzene rings is 2. The third-order valence-corrected chi connectivity index (χ3v) is 4.95. The highest BCUT2D eigenvalue weighted by molar-refractivity contribution is 7.98. The van der Waals surface area contributed by atoms with E-state index in [-0.39, 0.29) is 5.63 Å². The van der Waals surface area contributed by atoms with Gasteiger partial charge in [-0.05, 0) is 56.0 Å². The van der Waals surface area contributed by atoms with Crippen LogP contribution in [0.25, 0.3) is 22.1 Å². The van der Waals surface area contributed by atoms with Gasteiger partial charge in [-0.15, -0.1) is 11.8 Å². The second kappa shape index (κ2) is 7.14. The van der Waals surface area contributed by atoms with E-state index in [0.29, 0.717) is 11.1 Å². The first-order valence-corrected chi connectivity index (χ1v) is 9.36. The van der Waals surface area contributed by atoms with Gasteiger partial charge in [0, 0.05) is 35.1 Å². The minimum absolute atomic E-state index is 0.294. The average molecular weight is 339 g/mol. The van der Waals surface area contributed by atoms with Crippen LogP contribution in [0.4, 0.5) is 5.69 Å². The lowest BCUT2D eigenvalue weighted by Gasteiger charge is -2.21. The Kier molecular flexibility index (Phi) is 4.95. The molecule has 0 aliphatic rings. The molecule has 0 bridgehead atoms. The molecule has 1 aromatic heterocycles. The lowest BCUT2D eigenvalue weighted by molar-refractivity contribution is 0.563. The fourth-order valence-corrected chi connectivity index (χ4v) is 3.34. The normalized spacial score (nSPS) is 11.0. The van der Waals surface area contributed by atoms with Crippen LogP contribution in [0.2, 0.25) is 0 Å². The van der Waals surface area contributed by atoms with Crippen LogP contribution in [0.3, 0.4) is 0 Å². The maximum absolute atomic E-state index is 12.5. The zero-order chi connectivity index (χ0) is 17.1. The number of hydrogen-bond donors (Lipinski definition) is 0. The van der Waals surface area contributed by atoms with Crippen molar-refractivity contribution in [3.8, 4) is 11.1 Å². The molecule has 0 atom stereocenters. The summed E-state index contributed by atoms with van der Waals surface area (Å²) in [6, 6.07) is 15.9. The molecule has 0 saturated heterocycles. The van der Waals surface area contributed by atoms with Crippen LogP contribution in [-0.4, -0.2) is 19.3 Å². The predicted octanol–water partition coefficient (Wildman–Crippen LogP) is 5.03. The Labute approximate surface area is 146 Å². The summed E-state index contributed by atoms with van der Waals surface area (Å²) in [6.45, 7) is 6.08. The first kappa shape index (κ1) is 16.7. The minimum Gasteiger partial charge on any atom is -0.422 e. The molecule has 0 fully saturated rings. The summed E-state index contributed by atoms with van der Waals surface area (Å²) >= 11 is 1.66. The summed E-state index contributed by atoms with van der Waals surface area (Å²) in [5.74, 6) is 0. The second-order valence-electron chi connectivity index (χ2n) is 5.57. The molecule has 4 heteroatoms. The van der Waals surface area contributed by atoms with Crippen LogP contribution in [-0.2, 0) is 0 Å². The van der Waals surface area contributed by atoms with Crippen molar-refractivity contribution in [2.45, 2.75) is 18.7 Å². The van der Waals surface area contributed by atoms with Gasteiger partial charge in [0.2, 0.25) is 0 Å². The van der Waals surface area contributed by atoms with Crippen molar-refractivity contribution in [1.29, 1.82) is 0 Å². The smallest absolute Gasteiger partial charge is 0.344 e. The van der Waals surface area contributed by atoms with Crippen LogP contribution in [0.1, 0.15) is 13.8 Å². The Morgan fingerprint density at radius 3 is 2.54 bits per heavy atom. The van der Waals surface area contributed by atoms with Crippen LogP contribution < -0.4 is 10.5 Å². The van der Waals surface area contributed by atoms with E-state index in [9.17, 15) is 4.79 Å². The molecule has 124 valence electrons. The lowest BCUT2D eigenvalue weighted by Crippen LogP contribution is -2.21. The first-order valence-electron chi connectivity index (χ1n) is 8.13. The van der Waals surface area contributed by atoms with Gasteiger partial charge in [-0.2, -0.15) is 0 Å². The Morgan fingerprint density at radius 1 is 1.04 bits per heavy atom. The standard InChI is InChI=1S/C20H21NO2S/c1-4-21(5-2)16-10-9-15-12-18(20(22)23-19(15)13-16)14-7-6-8-17(11-14)24-3/h6-13H,4-5H2,1-3H3. The van der Waals surface area contributed by atoms with Crippen molar-refractivity contribution >= 4 is 28.4 Å². The number of nitrogens with zero attached hydrogens (tertiary/aromatic N) is 1. The van der Waals surface area contributed by atoms with Gasteiger partial charge in [-0.1, -0.05) is 12.1 Å². The van der Waals surface area contributed by atoms with Gasteiger partial charge in [-0.25, -0.2) is 4.79 Å². The molecular weight excluding hydrogens is 318 g/mol. The minimum atomic E-state index is -0.294. The highest BCUT2D eigenvalue weighted by Crippen LogP contribution is 2.27. The molecule has 0 aliphatic heterocycles. The van der Waals surface area contributed by atoms with Crippen LogP contribution in [0.5, 0.6) is 0 Å². The van der Waals surface area contributed by atoms with E-state index in [0.717, 1.165) is 34.6 Å². The van der Waals surface area contributed by atoms with E-state index in [1.807, 2.05) is 48.7 Å². The number of anilines is 1. The van der Waals surface area contributed by atoms with Gasteiger partial charge in [0.05, 0.1) is 5.56 Å². The van der Waals surface area contributed by atoms with Crippen LogP contribution >= 0.6 is 11.8 Å². The third kappa shape index (κ3) is 3.20. The average Bonchev–Trinajstić information content (AvgIpc) is 2.62. The number of fused-ring (bicyclic) bond motifs is 1. The number of rotatable bonds is 5. The van der Waals surface area contributed by atoms with E-state index in [2.05, 4.69) is 24.8 Å². The summed E-state index contributed by atoms with van der Waals surface area (Å²) in [4.78, 5) is 15.8. The molecule has 0 amide bonds. The summed E-state index contributed by atoms with van der Waals surface area (Å²) in [6.07, 6.45) is 2.02. The number of thioether (sulfide) groups is 1. The monoisotopic (exact) mass is 339 g/mol. The van der Waals surface area contributed by atoms with Crippen LogP contribution in [0.15, 0.2) is 62.6 Å². The zero-order valence-corrected chi connectivity index (χ0v) is 15.0. The van der Waals surface area contributed by atoms with Crippen LogP contribution in [0, 0.1) is 0 Å². The van der Waals surface area contributed by atoms with Gasteiger partial charge in [0.1, 0.15) is 5.58 Å². The summed E-state index contributed by atoms with van der Waals surface area (Å²) in [5, 5.41) is 0.940. The predicted molar refractivity (Wildman–Crippen MR) is 103 cm³/mol. The fraction of sp³-hybridized carbons (Fsp3) is 0.250. The molecule has 0 saturated carbocycles. The molecule has 3 aromatic rings. The largest absolute Gasteiger partial charge is 0.422 e. The molecule has 3 nitrogen and oxygen atoms in total. The Balaban J connectivity index is 2.10. The Morgan fingerprint density at radius 2 is 1.83 bits per heavy atom. The van der Waals surface area contributed by atoms with E-state index < -0.39 is 0 Å². The quantitative estimate of drug-likeness (QED) is 0.482. The van der Waals surface area contributed by atoms with Crippen molar-refractivity contribution in [2.24, 2.45) is 0 Å². The molecule has 3 rings (SSSR count). The summed E-state index contributed by atoms with van der Waals surface area (Å²) in [7, 11) is 0. The zero-order valence-electron chi connectivity index (χ0n) is 14.2. The molecule has 0 unspecified atom stereocenters. The van der Waals surface area contributed by atoms with Crippen molar-refractivity contribution < 1.29 is 4.42 Å². The highest BCUT2D eigenvalue weighted by Gasteiger charge is 2.10. The molecule has 0 spiro atoms. The lowest BCUT2D eigenvalue weighted by atomic mass is 10.1. The van der Waals surface area contributed by atoms with Gasteiger partial charge >= 0.3 is 5.63 Å². The summed E-state index contributed by atoms with van der Waals surface area (Å²) in [5.41, 5.74) is 2.92. The molecule has 2 aromatic carbocycles. The number of hydrogen-bond acceptors (Lipinski definition) is 4. The molecule has 0 radical (unpaired) electrons.